The molecular formula is C55H43BN2OS. The van der Waals surface area contributed by atoms with Crippen LogP contribution in [0.15, 0.2) is 138 Å². The molecule has 0 radical (unpaired) electrons. The topological polar surface area (TPSA) is 30.1 Å². The van der Waals surface area contributed by atoms with E-state index in [9.17, 15) is 0 Å². The Balaban J connectivity index is 1.17. The minimum atomic E-state index is 0.0903. The van der Waals surface area contributed by atoms with Crippen molar-refractivity contribution < 1.29 is 4.42 Å². The normalized spacial score (nSPS) is 15.3. The van der Waals surface area contributed by atoms with Crippen LogP contribution >= 0.6 is 11.3 Å². The third-order valence-electron chi connectivity index (χ3n) is 14.4. The standard InChI is InChI=1S/C55H43BN2OS/c1-30-27-40-41(55(4,5)26-25-54(40,2)3)29-44(30)57-43-24-23-37-33-15-8-10-19-45(33)59-52(37)47(43)39-28-38-34-16-9-11-20-46(34)60-53(38)51-48(39)56-42-18-12-17-35-36-22-21-31-13-6-7-14-32(31)49(36)58(51)50(35)42/h6-24,27-29,56-57H,25-26H2,1-5H3. The van der Waals surface area contributed by atoms with Crippen molar-refractivity contribution in [2.75, 3.05) is 5.32 Å². The molecule has 60 heavy (non-hydrogen) atoms. The van der Waals surface area contributed by atoms with Gasteiger partial charge in [0.25, 0.3) is 0 Å². The van der Waals surface area contributed by atoms with Gasteiger partial charge in [0, 0.05) is 59.2 Å². The van der Waals surface area contributed by atoms with Crippen molar-refractivity contribution in [2.24, 2.45) is 0 Å². The van der Waals surface area contributed by atoms with Crippen LogP contribution in [0.4, 0.5) is 11.4 Å². The minimum Gasteiger partial charge on any atom is -0.455 e. The highest BCUT2D eigenvalue weighted by Crippen LogP contribution is 2.50. The van der Waals surface area contributed by atoms with Crippen molar-refractivity contribution in [3.63, 3.8) is 0 Å². The molecule has 1 N–H and O–H groups in total. The van der Waals surface area contributed by atoms with Gasteiger partial charge in [0.1, 0.15) is 11.2 Å². The lowest BCUT2D eigenvalue weighted by molar-refractivity contribution is 0.332. The largest absolute Gasteiger partial charge is 0.455 e. The second-order valence-electron chi connectivity index (χ2n) is 18.8. The van der Waals surface area contributed by atoms with E-state index >= 15 is 0 Å². The number of nitrogens with zero attached hydrogens (tertiary/aromatic N) is 1. The Morgan fingerprint density at radius 2 is 1.32 bits per heavy atom. The first-order valence-corrected chi connectivity index (χ1v) is 22.2. The molecule has 2 aliphatic rings. The van der Waals surface area contributed by atoms with Crippen molar-refractivity contribution in [2.45, 2.75) is 58.3 Å². The van der Waals surface area contributed by atoms with Crippen molar-refractivity contribution in [3.05, 3.63) is 150 Å². The number of aromatic nitrogens is 1. The summed E-state index contributed by atoms with van der Waals surface area (Å²) < 4.78 is 12.3. The number of hydrogen-bond acceptors (Lipinski definition) is 3. The maximum Gasteiger partial charge on any atom is 0.198 e. The van der Waals surface area contributed by atoms with Crippen LogP contribution < -0.4 is 16.2 Å². The number of para-hydroxylation sites is 2. The van der Waals surface area contributed by atoms with Gasteiger partial charge in [-0.15, -0.1) is 11.3 Å². The van der Waals surface area contributed by atoms with Gasteiger partial charge in [-0.25, -0.2) is 0 Å². The summed E-state index contributed by atoms with van der Waals surface area (Å²) in [5, 5.41) is 14.1. The molecule has 5 heteroatoms. The Labute approximate surface area is 353 Å². The summed E-state index contributed by atoms with van der Waals surface area (Å²) in [4.78, 5) is 0. The number of nitrogens with one attached hydrogen (secondary N) is 1. The minimum absolute atomic E-state index is 0.0903. The monoisotopic (exact) mass is 790 g/mol. The number of fused-ring (bicyclic) bond motifs is 15. The number of rotatable bonds is 3. The molecule has 0 saturated heterocycles. The molecule has 1 aliphatic carbocycles. The van der Waals surface area contributed by atoms with E-state index in [0.717, 1.165) is 46.2 Å². The average molecular weight is 791 g/mol. The van der Waals surface area contributed by atoms with Crippen LogP contribution in [-0.2, 0) is 10.8 Å². The highest BCUT2D eigenvalue weighted by atomic mass is 32.1. The molecule has 288 valence electrons. The van der Waals surface area contributed by atoms with Gasteiger partial charge in [-0.1, -0.05) is 130 Å². The molecular weight excluding hydrogens is 747 g/mol. The summed E-state index contributed by atoms with van der Waals surface area (Å²) >= 11 is 1.93. The molecule has 4 heterocycles. The number of furan rings is 1. The highest BCUT2D eigenvalue weighted by Gasteiger charge is 2.38. The summed E-state index contributed by atoms with van der Waals surface area (Å²) in [7, 11) is 0.817. The van der Waals surface area contributed by atoms with Crippen LogP contribution in [0.2, 0.25) is 0 Å². The Morgan fingerprint density at radius 1 is 0.617 bits per heavy atom. The van der Waals surface area contributed by atoms with Gasteiger partial charge in [-0.2, -0.15) is 0 Å². The van der Waals surface area contributed by atoms with Crippen molar-refractivity contribution in [3.8, 4) is 16.8 Å². The molecule has 0 unspecified atom stereocenters. The Morgan fingerprint density at radius 3 is 2.17 bits per heavy atom. The fourth-order valence-corrected chi connectivity index (χ4v) is 12.4. The number of benzene rings is 8. The second kappa shape index (κ2) is 11.9. The number of thiophene rings is 1. The van der Waals surface area contributed by atoms with Crippen LogP contribution in [0.25, 0.3) is 91.5 Å². The predicted molar refractivity (Wildman–Crippen MR) is 260 cm³/mol. The Hall–Kier alpha value is -6.30. The van der Waals surface area contributed by atoms with Crippen LogP contribution in [-0.4, -0.2) is 11.8 Å². The molecule has 3 nitrogen and oxygen atoms in total. The molecule has 11 aromatic rings. The van der Waals surface area contributed by atoms with Crippen LogP contribution in [0, 0.1) is 6.92 Å². The SMILES string of the molecule is Cc1cc2c(cc1Nc1ccc3c(oc4ccccc43)c1-c1cc3c(sc4ccccc43)c3c1Bc1cccc4c5ccc6ccccc6c5n-3c14)C(C)(C)CCC2(C)C. The zero-order valence-electron chi connectivity index (χ0n) is 34.6. The molecule has 8 aromatic carbocycles. The van der Waals surface area contributed by atoms with Crippen molar-refractivity contribution in [1.29, 1.82) is 0 Å². The van der Waals surface area contributed by atoms with E-state index in [1.54, 1.807) is 0 Å². The van der Waals surface area contributed by atoms with E-state index < -0.39 is 0 Å². The molecule has 0 fully saturated rings. The number of anilines is 2. The highest BCUT2D eigenvalue weighted by molar-refractivity contribution is 7.26. The fraction of sp³-hybridized carbons (Fsp3) is 0.164. The molecule has 0 bridgehead atoms. The molecule has 0 amide bonds. The Kier molecular flexibility index (Phi) is 6.87. The van der Waals surface area contributed by atoms with E-state index in [4.69, 9.17) is 4.42 Å². The third-order valence-corrected chi connectivity index (χ3v) is 15.6. The maximum atomic E-state index is 7.07. The van der Waals surface area contributed by atoms with Crippen LogP contribution in [0.5, 0.6) is 0 Å². The van der Waals surface area contributed by atoms with E-state index in [1.807, 2.05) is 11.3 Å². The van der Waals surface area contributed by atoms with Gasteiger partial charge in [0.2, 0.25) is 0 Å². The molecule has 1 aliphatic heterocycles. The van der Waals surface area contributed by atoms with Gasteiger partial charge in [0.05, 0.1) is 21.6 Å². The summed E-state index contributed by atoms with van der Waals surface area (Å²) in [6.07, 6.45) is 2.36. The van der Waals surface area contributed by atoms with Crippen LogP contribution in [0.3, 0.4) is 0 Å². The van der Waals surface area contributed by atoms with Gasteiger partial charge >= 0.3 is 0 Å². The first-order chi connectivity index (χ1) is 29.1. The molecule has 0 spiro atoms. The van der Waals surface area contributed by atoms with E-state index in [-0.39, 0.29) is 10.8 Å². The first-order valence-electron chi connectivity index (χ1n) is 21.4. The quantitative estimate of drug-likeness (QED) is 0.181. The zero-order valence-corrected chi connectivity index (χ0v) is 35.4. The summed E-state index contributed by atoms with van der Waals surface area (Å²) in [6, 6.07) is 50.0. The number of aryl methyl sites for hydroxylation is 1. The Bertz CT molecular complexity index is 3690. The van der Waals surface area contributed by atoms with Gasteiger partial charge in [-0.3, -0.25) is 0 Å². The van der Waals surface area contributed by atoms with Gasteiger partial charge in [-0.05, 0) is 100 Å². The molecule has 13 rings (SSSR count). The fourth-order valence-electron chi connectivity index (χ4n) is 11.1. The lowest BCUT2D eigenvalue weighted by atomic mass is 9.59. The van der Waals surface area contributed by atoms with E-state index in [1.165, 1.54) is 104 Å². The summed E-state index contributed by atoms with van der Waals surface area (Å²) in [6.45, 7) is 11.9. The zero-order chi connectivity index (χ0) is 40.2. The molecule has 0 saturated carbocycles. The van der Waals surface area contributed by atoms with Gasteiger partial charge in [0.15, 0.2) is 7.28 Å². The number of hydrogen-bond donors (Lipinski definition) is 1. The van der Waals surface area contributed by atoms with E-state index in [0.29, 0.717) is 0 Å². The second-order valence-corrected chi connectivity index (χ2v) is 19.9. The van der Waals surface area contributed by atoms with Gasteiger partial charge < -0.3 is 14.3 Å². The van der Waals surface area contributed by atoms with Crippen molar-refractivity contribution in [1.82, 2.24) is 4.57 Å². The summed E-state index contributed by atoms with van der Waals surface area (Å²) in [5.41, 5.74) is 17.4. The van der Waals surface area contributed by atoms with Crippen molar-refractivity contribution >= 4 is 116 Å². The lowest BCUT2D eigenvalue weighted by Crippen LogP contribution is -2.37. The smallest absolute Gasteiger partial charge is 0.198 e. The molecule has 3 aromatic heterocycles. The predicted octanol–water partition coefficient (Wildman–Crippen LogP) is 14.0. The molecule has 0 atom stereocenters. The van der Waals surface area contributed by atoms with E-state index in [2.05, 4.69) is 178 Å². The maximum absolute atomic E-state index is 7.07. The third kappa shape index (κ3) is 4.62. The first kappa shape index (κ1) is 34.6. The summed E-state index contributed by atoms with van der Waals surface area (Å²) in [5.74, 6) is 0. The average Bonchev–Trinajstić information content (AvgIpc) is 3.93. The lowest BCUT2D eigenvalue weighted by Gasteiger charge is -2.42. The van der Waals surface area contributed by atoms with Crippen LogP contribution in [0.1, 0.15) is 57.2 Å².